The Morgan fingerprint density at radius 2 is 2.15 bits per heavy atom. The molecular formula is C11H7ClN6O2. The molecule has 0 aliphatic carbocycles. The fourth-order valence-electron chi connectivity index (χ4n) is 1.90. The second kappa shape index (κ2) is 4.42. The van der Waals surface area contributed by atoms with Crippen molar-refractivity contribution in [2.45, 2.75) is 0 Å². The molecule has 0 aliphatic heterocycles. The maximum absolute atomic E-state index is 10.8. The number of nitro groups is 1. The van der Waals surface area contributed by atoms with Crippen LogP contribution in [-0.2, 0) is 0 Å². The van der Waals surface area contributed by atoms with Gasteiger partial charge < -0.3 is 5.73 Å². The molecule has 0 bridgehead atoms. The Labute approximate surface area is 117 Å². The van der Waals surface area contributed by atoms with Crippen molar-refractivity contribution in [1.29, 1.82) is 0 Å². The largest absolute Gasteiger partial charge is 0.369 e. The Hall–Kier alpha value is -2.74. The van der Waals surface area contributed by atoms with Crippen molar-refractivity contribution >= 4 is 34.4 Å². The number of nitrogens with two attached hydrogens (primary N) is 1. The maximum atomic E-state index is 10.8. The molecule has 0 amide bonds. The van der Waals surface area contributed by atoms with Crippen molar-refractivity contribution in [3.8, 4) is 5.69 Å². The van der Waals surface area contributed by atoms with Gasteiger partial charge in [-0.1, -0.05) is 17.7 Å². The van der Waals surface area contributed by atoms with E-state index < -0.39 is 4.92 Å². The average Bonchev–Trinajstić information content (AvgIpc) is 2.76. The van der Waals surface area contributed by atoms with E-state index in [1.807, 2.05) is 0 Å². The zero-order valence-corrected chi connectivity index (χ0v) is 10.7. The maximum Gasteiger partial charge on any atom is 0.271 e. The van der Waals surface area contributed by atoms with E-state index in [1.165, 1.54) is 23.0 Å². The third-order valence-electron chi connectivity index (χ3n) is 2.73. The number of nitrogen functional groups attached to an aromatic ring is 1. The fourth-order valence-corrected chi connectivity index (χ4v) is 2.12. The third-order valence-corrected chi connectivity index (χ3v) is 3.01. The van der Waals surface area contributed by atoms with Crippen LogP contribution in [-0.4, -0.2) is 24.4 Å². The van der Waals surface area contributed by atoms with Gasteiger partial charge in [0.2, 0.25) is 5.95 Å². The van der Waals surface area contributed by atoms with E-state index >= 15 is 0 Å². The molecule has 9 heteroatoms. The number of halogens is 1. The summed E-state index contributed by atoms with van der Waals surface area (Å²) in [6.07, 6.45) is 1.27. The van der Waals surface area contributed by atoms with Gasteiger partial charge in [0.15, 0.2) is 10.8 Å². The molecule has 0 fully saturated rings. The SMILES string of the molecule is Nc1nc2ncnc(Cl)c2n1-c1cccc([N+](=O)[O-])c1. The molecule has 2 heterocycles. The van der Waals surface area contributed by atoms with Crippen LogP contribution >= 0.6 is 11.6 Å². The molecule has 3 rings (SSSR count). The smallest absolute Gasteiger partial charge is 0.271 e. The lowest BCUT2D eigenvalue weighted by Crippen LogP contribution is -2.02. The Balaban J connectivity index is 2.32. The van der Waals surface area contributed by atoms with E-state index in [-0.39, 0.29) is 16.8 Å². The number of non-ortho nitro benzene ring substituents is 1. The normalized spacial score (nSPS) is 10.8. The van der Waals surface area contributed by atoms with Gasteiger partial charge in [0.05, 0.1) is 10.6 Å². The molecule has 2 N–H and O–H groups in total. The fraction of sp³-hybridized carbons (Fsp3) is 0. The molecule has 2 aromatic heterocycles. The summed E-state index contributed by atoms with van der Waals surface area (Å²) in [4.78, 5) is 22.2. The topological polar surface area (TPSA) is 113 Å². The molecule has 0 aliphatic rings. The minimum Gasteiger partial charge on any atom is -0.369 e. The number of hydrogen-bond acceptors (Lipinski definition) is 6. The molecular weight excluding hydrogens is 284 g/mol. The van der Waals surface area contributed by atoms with Crippen molar-refractivity contribution in [2.75, 3.05) is 5.73 Å². The van der Waals surface area contributed by atoms with Crippen molar-refractivity contribution in [1.82, 2.24) is 19.5 Å². The Kier molecular flexibility index (Phi) is 2.72. The lowest BCUT2D eigenvalue weighted by molar-refractivity contribution is -0.384. The van der Waals surface area contributed by atoms with Crippen LogP contribution in [0.2, 0.25) is 5.15 Å². The van der Waals surface area contributed by atoms with E-state index in [2.05, 4.69) is 15.0 Å². The van der Waals surface area contributed by atoms with Crippen molar-refractivity contribution in [2.24, 2.45) is 0 Å². The van der Waals surface area contributed by atoms with Crippen LogP contribution < -0.4 is 5.73 Å². The molecule has 1 aromatic carbocycles. The van der Waals surface area contributed by atoms with E-state index in [1.54, 1.807) is 12.1 Å². The van der Waals surface area contributed by atoms with Gasteiger partial charge in [-0.05, 0) is 6.07 Å². The van der Waals surface area contributed by atoms with Gasteiger partial charge in [-0.3, -0.25) is 14.7 Å². The van der Waals surface area contributed by atoms with Gasteiger partial charge in [-0.2, -0.15) is 4.98 Å². The summed E-state index contributed by atoms with van der Waals surface area (Å²) in [6.45, 7) is 0. The van der Waals surface area contributed by atoms with Gasteiger partial charge in [0.25, 0.3) is 5.69 Å². The second-order valence-electron chi connectivity index (χ2n) is 3.92. The number of rotatable bonds is 2. The van der Waals surface area contributed by atoms with Crippen LogP contribution in [0.25, 0.3) is 16.9 Å². The first-order valence-electron chi connectivity index (χ1n) is 5.47. The second-order valence-corrected chi connectivity index (χ2v) is 4.28. The van der Waals surface area contributed by atoms with Crippen LogP contribution in [0.3, 0.4) is 0 Å². The van der Waals surface area contributed by atoms with Crippen LogP contribution in [0.5, 0.6) is 0 Å². The molecule has 0 spiro atoms. The quantitative estimate of drug-likeness (QED) is 0.438. The lowest BCUT2D eigenvalue weighted by atomic mass is 10.3. The Morgan fingerprint density at radius 3 is 2.90 bits per heavy atom. The lowest BCUT2D eigenvalue weighted by Gasteiger charge is -2.06. The first-order valence-corrected chi connectivity index (χ1v) is 5.85. The molecule has 0 unspecified atom stereocenters. The Morgan fingerprint density at radius 1 is 1.35 bits per heavy atom. The summed E-state index contributed by atoms with van der Waals surface area (Å²) < 4.78 is 1.48. The summed E-state index contributed by atoms with van der Waals surface area (Å²) in [5.41, 5.74) is 6.98. The van der Waals surface area contributed by atoms with Gasteiger partial charge in [0.1, 0.15) is 11.8 Å². The minimum atomic E-state index is -0.489. The van der Waals surface area contributed by atoms with Gasteiger partial charge in [-0.15, -0.1) is 0 Å². The molecule has 100 valence electrons. The zero-order valence-electron chi connectivity index (χ0n) is 9.89. The monoisotopic (exact) mass is 290 g/mol. The van der Waals surface area contributed by atoms with Crippen LogP contribution in [0.1, 0.15) is 0 Å². The van der Waals surface area contributed by atoms with Gasteiger partial charge in [-0.25, -0.2) is 9.97 Å². The number of nitro benzene ring substituents is 1. The van der Waals surface area contributed by atoms with E-state index in [4.69, 9.17) is 17.3 Å². The molecule has 3 aromatic rings. The number of fused-ring (bicyclic) bond motifs is 1. The molecule has 8 nitrogen and oxygen atoms in total. The first-order chi connectivity index (χ1) is 9.58. The number of hydrogen-bond donors (Lipinski definition) is 1. The van der Waals surface area contributed by atoms with E-state index in [9.17, 15) is 10.1 Å². The van der Waals surface area contributed by atoms with Gasteiger partial charge in [0, 0.05) is 12.1 Å². The van der Waals surface area contributed by atoms with Crippen molar-refractivity contribution in [3.05, 3.63) is 45.9 Å². The molecule has 0 atom stereocenters. The highest BCUT2D eigenvalue weighted by atomic mass is 35.5. The standard InChI is InChI=1S/C11H7ClN6O2/c12-9-8-10(15-5-14-9)16-11(13)17(8)6-2-1-3-7(4-6)18(19)20/h1-5H,(H2,13,14,15,16). The number of nitrogens with zero attached hydrogens (tertiary/aromatic N) is 5. The minimum absolute atomic E-state index is 0.0586. The number of aromatic nitrogens is 4. The van der Waals surface area contributed by atoms with Crippen molar-refractivity contribution in [3.63, 3.8) is 0 Å². The highest BCUT2D eigenvalue weighted by Gasteiger charge is 2.16. The third kappa shape index (κ3) is 1.82. The predicted molar refractivity (Wildman–Crippen MR) is 72.7 cm³/mol. The molecule has 0 saturated heterocycles. The van der Waals surface area contributed by atoms with Crippen LogP contribution in [0, 0.1) is 10.1 Å². The summed E-state index contributed by atoms with van der Waals surface area (Å²) in [5, 5.41) is 11.0. The van der Waals surface area contributed by atoms with E-state index in [0.29, 0.717) is 16.9 Å². The predicted octanol–water partition coefficient (Wildman–Crippen LogP) is 1.96. The average molecular weight is 291 g/mol. The molecule has 20 heavy (non-hydrogen) atoms. The van der Waals surface area contributed by atoms with Crippen LogP contribution in [0.15, 0.2) is 30.6 Å². The van der Waals surface area contributed by atoms with Crippen LogP contribution in [0.4, 0.5) is 11.6 Å². The summed E-state index contributed by atoms with van der Waals surface area (Å²) in [5.74, 6) is 0.128. The highest BCUT2D eigenvalue weighted by Crippen LogP contribution is 2.27. The number of imidazole rings is 1. The zero-order chi connectivity index (χ0) is 14.3. The molecule has 0 saturated carbocycles. The number of anilines is 1. The summed E-state index contributed by atoms with van der Waals surface area (Å²) in [7, 11) is 0. The molecule has 0 radical (unpaired) electrons. The Bertz CT molecular complexity index is 831. The first kappa shape index (κ1) is 12.3. The van der Waals surface area contributed by atoms with E-state index in [0.717, 1.165) is 0 Å². The van der Waals surface area contributed by atoms with Gasteiger partial charge >= 0.3 is 0 Å². The summed E-state index contributed by atoms with van der Waals surface area (Å²) >= 11 is 6.03. The number of benzene rings is 1. The van der Waals surface area contributed by atoms with Crippen molar-refractivity contribution < 1.29 is 4.92 Å². The highest BCUT2D eigenvalue weighted by molar-refractivity contribution is 6.33. The summed E-state index contributed by atoms with van der Waals surface area (Å²) in [6, 6.07) is 5.97.